The number of nitriles is 1. The number of likely N-dealkylation sites (tertiary alicyclic amines) is 1. The van der Waals surface area contributed by atoms with E-state index >= 15 is 0 Å². The Morgan fingerprint density at radius 1 is 1.20 bits per heavy atom. The summed E-state index contributed by atoms with van der Waals surface area (Å²) in [4.78, 5) is 37.3. The summed E-state index contributed by atoms with van der Waals surface area (Å²) in [7, 11) is 3.89. The zero-order valence-electron chi connectivity index (χ0n) is 23.5. The van der Waals surface area contributed by atoms with E-state index in [1.54, 1.807) is 47.5 Å². The number of piperidine rings is 1. The molecule has 0 unspecified atom stereocenters. The molecule has 0 radical (unpaired) electrons. The monoisotopic (exact) mass is 557 g/mol. The van der Waals surface area contributed by atoms with Crippen molar-refractivity contribution in [3.05, 3.63) is 65.9 Å². The summed E-state index contributed by atoms with van der Waals surface area (Å²) >= 11 is 0. The van der Waals surface area contributed by atoms with Crippen molar-refractivity contribution in [3.8, 4) is 23.1 Å². The van der Waals surface area contributed by atoms with E-state index in [4.69, 9.17) is 4.74 Å². The number of aromatic nitrogens is 2. The lowest BCUT2D eigenvalue weighted by molar-refractivity contribution is -0.141. The van der Waals surface area contributed by atoms with E-state index in [2.05, 4.69) is 26.7 Å². The molecule has 2 heterocycles. The van der Waals surface area contributed by atoms with Crippen LogP contribution in [0.4, 0.5) is 11.6 Å². The van der Waals surface area contributed by atoms with Gasteiger partial charge in [0.2, 0.25) is 5.95 Å². The Kier molecular flexibility index (Phi) is 9.84. The maximum atomic E-state index is 12.8. The van der Waals surface area contributed by atoms with Gasteiger partial charge in [-0.05, 0) is 57.4 Å². The maximum Gasteiger partial charge on any atom is 0.253 e. The molecule has 1 aliphatic heterocycles. The number of para-hydroxylation sites is 1. The third kappa shape index (κ3) is 7.78. The van der Waals surface area contributed by atoms with Gasteiger partial charge in [-0.25, -0.2) is 9.97 Å². The topological polar surface area (TPSA) is 144 Å². The fourth-order valence-corrected chi connectivity index (χ4v) is 4.50. The van der Waals surface area contributed by atoms with Crippen molar-refractivity contribution in [2.75, 3.05) is 45.6 Å². The Labute approximate surface area is 239 Å². The zero-order valence-corrected chi connectivity index (χ0v) is 23.5. The number of carbonyl (C=O) groups excluding carboxylic acids is 2. The molecule has 11 nitrogen and oxygen atoms in total. The fraction of sp³-hybridized carbons (Fsp3) is 0.367. The highest BCUT2D eigenvalue weighted by atomic mass is 16.5. The number of nitrogens with zero attached hydrogens (tertiary/aromatic N) is 5. The van der Waals surface area contributed by atoms with Gasteiger partial charge in [0.25, 0.3) is 11.8 Å². The van der Waals surface area contributed by atoms with Crippen LogP contribution in [0.15, 0.2) is 54.7 Å². The van der Waals surface area contributed by atoms with E-state index in [0.29, 0.717) is 72.2 Å². The van der Waals surface area contributed by atoms with Gasteiger partial charge in [-0.2, -0.15) is 5.26 Å². The summed E-state index contributed by atoms with van der Waals surface area (Å²) in [6.45, 7) is 3.70. The average Bonchev–Trinajstić information content (AvgIpc) is 2.97. The summed E-state index contributed by atoms with van der Waals surface area (Å²) < 4.78 is 6.13. The Balaban J connectivity index is 1.45. The Hall–Kier alpha value is -4.53. The van der Waals surface area contributed by atoms with E-state index in [9.17, 15) is 20.0 Å². The molecule has 1 atom stereocenters. The van der Waals surface area contributed by atoms with E-state index in [0.717, 1.165) is 6.54 Å². The molecule has 4 rings (SSSR count). The number of aliphatic hydroxyl groups is 1. The van der Waals surface area contributed by atoms with Gasteiger partial charge in [0.15, 0.2) is 0 Å². The van der Waals surface area contributed by atoms with Gasteiger partial charge in [-0.3, -0.25) is 9.59 Å². The van der Waals surface area contributed by atoms with Gasteiger partial charge in [0, 0.05) is 50.8 Å². The van der Waals surface area contributed by atoms with Crippen molar-refractivity contribution in [2.24, 2.45) is 0 Å². The molecule has 0 spiro atoms. The van der Waals surface area contributed by atoms with Crippen LogP contribution in [-0.2, 0) is 4.79 Å². The third-order valence-corrected chi connectivity index (χ3v) is 6.72. The maximum absolute atomic E-state index is 12.8. The lowest BCUT2D eigenvalue weighted by Gasteiger charge is -2.33. The first-order valence-electron chi connectivity index (χ1n) is 13.5. The van der Waals surface area contributed by atoms with Crippen LogP contribution in [0, 0.1) is 11.3 Å². The minimum Gasteiger partial charge on any atom is -0.489 e. The molecule has 3 aromatic rings. The molecule has 41 heavy (non-hydrogen) atoms. The molecule has 1 aliphatic rings. The predicted octanol–water partition coefficient (Wildman–Crippen LogP) is 2.80. The predicted molar refractivity (Wildman–Crippen MR) is 155 cm³/mol. The molecule has 1 saturated heterocycles. The molecule has 11 heteroatoms. The van der Waals surface area contributed by atoms with Crippen molar-refractivity contribution in [1.82, 2.24) is 25.1 Å². The highest BCUT2D eigenvalue weighted by molar-refractivity contribution is 6.00. The van der Waals surface area contributed by atoms with Crippen molar-refractivity contribution in [3.63, 3.8) is 0 Å². The Bertz CT molecular complexity index is 1410. The summed E-state index contributed by atoms with van der Waals surface area (Å²) in [5.74, 6) is 0.308. The summed E-state index contributed by atoms with van der Waals surface area (Å²) in [6, 6.07) is 16.4. The summed E-state index contributed by atoms with van der Waals surface area (Å²) in [6.07, 6.45) is 1.68. The standard InChI is InChI=1S/C30H35N7O4/c1-20(38)29(40)37-15-11-23(12-16-37)41-27-9-8-21(18-22(27)19-31)25-10-13-33-30(34-25)35-26-7-5-4-6-24(26)28(39)32-14-17-36(2)3/h4-10,13,18,20,23,38H,11-12,14-17H2,1-3H3,(H,32,39)(H,33,34,35)/t20-/m0/s1. The number of anilines is 2. The lowest BCUT2D eigenvalue weighted by Crippen LogP contribution is -2.45. The van der Waals surface area contributed by atoms with Crippen molar-refractivity contribution in [2.45, 2.75) is 32.0 Å². The molecule has 0 bridgehead atoms. The first kappa shape index (κ1) is 29.5. The van der Waals surface area contributed by atoms with E-state index in [1.807, 2.05) is 31.1 Å². The van der Waals surface area contributed by atoms with Gasteiger partial charge < -0.3 is 30.3 Å². The van der Waals surface area contributed by atoms with Crippen molar-refractivity contribution >= 4 is 23.5 Å². The number of rotatable bonds is 10. The number of hydrogen-bond donors (Lipinski definition) is 3. The molecule has 2 aromatic carbocycles. The second-order valence-electron chi connectivity index (χ2n) is 10.1. The first-order valence-corrected chi connectivity index (χ1v) is 13.5. The highest BCUT2D eigenvalue weighted by Crippen LogP contribution is 2.29. The number of nitrogens with one attached hydrogen (secondary N) is 2. The number of aliphatic hydroxyl groups excluding tert-OH is 1. The van der Waals surface area contributed by atoms with Crippen LogP contribution < -0.4 is 15.4 Å². The molecule has 214 valence electrons. The molecular weight excluding hydrogens is 522 g/mol. The first-order chi connectivity index (χ1) is 19.7. The number of ether oxygens (including phenoxy) is 1. The second-order valence-corrected chi connectivity index (χ2v) is 10.1. The SMILES string of the molecule is C[C@H](O)C(=O)N1CCC(Oc2ccc(-c3ccnc(Nc4ccccc4C(=O)NCCN(C)C)n3)cc2C#N)CC1. The molecule has 0 aliphatic carbocycles. The van der Waals surface area contributed by atoms with Crippen LogP contribution in [0.5, 0.6) is 5.75 Å². The summed E-state index contributed by atoms with van der Waals surface area (Å²) in [5, 5.41) is 25.4. The molecular formula is C30H35N7O4. The summed E-state index contributed by atoms with van der Waals surface area (Å²) in [5.41, 5.74) is 2.75. The van der Waals surface area contributed by atoms with Crippen LogP contribution >= 0.6 is 0 Å². The minimum atomic E-state index is -1.02. The van der Waals surface area contributed by atoms with Gasteiger partial charge >= 0.3 is 0 Å². The fourth-order valence-electron chi connectivity index (χ4n) is 4.50. The third-order valence-electron chi connectivity index (χ3n) is 6.72. The van der Waals surface area contributed by atoms with Crippen LogP contribution in [0.2, 0.25) is 0 Å². The number of hydrogen-bond acceptors (Lipinski definition) is 9. The van der Waals surface area contributed by atoms with Crippen LogP contribution in [0.3, 0.4) is 0 Å². The minimum absolute atomic E-state index is 0.138. The van der Waals surface area contributed by atoms with E-state index < -0.39 is 6.10 Å². The molecule has 3 N–H and O–H groups in total. The van der Waals surface area contributed by atoms with E-state index in [-0.39, 0.29) is 17.9 Å². The number of amides is 2. The van der Waals surface area contributed by atoms with Crippen LogP contribution in [-0.4, -0.2) is 89.2 Å². The van der Waals surface area contributed by atoms with Crippen LogP contribution in [0.1, 0.15) is 35.7 Å². The van der Waals surface area contributed by atoms with Gasteiger partial charge in [0.05, 0.1) is 22.5 Å². The highest BCUT2D eigenvalue weighted by Gasteiger charge is 2.26. The number of likely N-dealkylation sites (N-methyl/N-ethyl adjacent to an activating group) is 1. The quantitative estimate of drug-likeness (QED) is 0.343. The molecule has 0 saturated carbocycles. The average molecular weight is 558 g/mol. The molecule has 2 amide bonds. The lowest BCUT2D eigenvalue weighted by atomic mass is 10.1. The largest absolute Gasteiger partial charge is 0.489 e. The molecule has 1 aromatic heterocycles. The molecule has 1 fully saturated rings. The van der Waals surface area contributed by atoms with E-state index in [1.165, 1.54) is 6.92 Å². The smallest absolute Gasteiger partial charge is 0.253 e. The van der Waals surface area contributed by atoms with Gasteiger partial charge in [-0.15, -0.1) is 0 Å². The van der Waals surface area contributed by atoms with Crippen molar-refractivity contribution in [1.29, 1.82) is 5.26 Å². The number of benzene rings is 2. The second kappa shape index (κ2) is 13.7. The van der Waals surface area contributed by atoms with Gasteiger partial charge in [-0.1, -0.05) is 12.1 Å². The number of carbonyl (C=O) groups is 2. The van der Waals surface area contributed by atoms with Crippen LogP contribution in [0.25, 0.3) is 11.3 Å². The Morgan fingerprint density at radius 2 is 1.95 bits per heavy atom. The zero-order chi connectivity index (χ0) is 29.4. The van der Waals surface area contributed by atoms with Crippen molar-refractivity contribution < 1.29 is 19.4 Å². The normalized spacial score (nSPS) is 14.3. The Morgan fingerprint density at radius 3 is 2.66 bits per heavy atom. The van der Waals surface area contributed by atoms with Gasteiger partial charge in [0.1, 0.15) is 24.0 Å².